The second-order valence-corrected chi connectivity index (χ2v) is 6.05. The van der Waals surface area contributed by atoms with Crippen LogP contribution in [0.25, 0.3) is 0 Å². The van der Waals surface area contributed by atoms with Crippen molar-refractivity contribution in [1.82, 2.24) is 4.98 Å². The smallest absolute Gasteiger partial charge is 0.399 e. The van der Waals surface area contributed by atoms with Crippen molar-refractivity contribution in [1.29, 1.82) is 0 Å². The summed E-state index contributed by atoms with van der Waals surface area (Å²) in [7, 11) is -0.341. The van der Waals surface area contributed by atoms with Gasteiger partial charge in [0.1, 0.15) is 5.82 Å². The fraction of sp³-hybridized carbons (Fsp3) is 0.643. The molecule has 1 aliphatic rings. The zero-order chi connectivity index (χ0) is 14.3. The van der Waals surface area contributed by atoms with Crippen molar-refractivity contribution in [3.63, 3.8) is 0 Å². The molecule has 0 spiro atoms. The van der Waals surface area contributed by atoms with Crippen LogP contribution >= 0.6 is 0 Å². The highest BCUT2D eigenvalue weighted by Gasteiger charge is 2.51. The molecular weight excluding hydrogens is 239 g/mol. The number of hydrogen-bond donors (Lipinski definition) is 1. The van der Waals surface area contributed by atoms with Crippen LogP contribution in [0, 0.1) is 6.92 Å². The molecule has 104 valence electrons. The molecule has 1 aliphatic heterocycles. The number of aryl methyl sites for hydroxylation is 1. The molecule has 1 aromatic rings. The van der Waals surface area contributed by atoms with Gasteiger partial charge in [-0.3, -0.25) is 0 Å². The first-order chi connectivity index (χ1) is 8.77. The molecule has 4 nitrogen and oxygen atoms in total. The summed E-state index contributed by atoms with van der Waals surface area (Å²) in [5.41, 5.74) is 1.45. The van der Waals surface area contributed by atoms with Gasteiger partial charge in [-0.25, -0.2) is 4.98 Å². The second kappa shape index (κ2) is 4.80. The minimum Gasteiger partial charge on any atom is -0.399 e. The van der Waals surface area contributed by atoms with Crippen LogP contribution in [0.3, 0.4) is 0 Å². The Morgan fingerprint density at radius 2 is 1.79 bits per heavy atom. The predicted octanol–water partition coefficient (Wildman–Crippen LogP) is 2.12. The normalized spacial score (nSPS) is 20.6. The fourth-order valence-corrected chi connectivity index (χ4v) is 2.06. The van der Waals surface area contributed by atoms with E-state index in [1.165, 1.54) is 0 Å². The zero-order valence-electron chi connectivity index (χ0n) is 12.7. The van der Waals surface area contributed by atoms with Gasteiger partial charge in [-0.15, -0.1) is 0 Å². The third-order valence-corrected chi connectivity index (χ3v) is 3.97. The molecule has 2 rings (SSSR count). The molecule has 0 atom stereocenters. The van der Waals surface area contributed by atoms with E-state index in [0.29, 0.717) is 0 Å². The van der Waals surface area contributed by atoms with Crippen LogP contribution in [0.1, 0.15) is 40.2 Å². The summed E-state index contributed by atoms with van der Waals surface area (Å²) < 4.78 is 12.0. The van der Waals surface area contributed by atoms with E-state index in [0.717, 1.165) is 23.4 Å². The van der Waals surface area contributed by atoms with E-state index in [4.69, 9.17) is 9.31 Å². The number of aromatic nitrogens is 1. The molecule has 0 aromatic carbocycles. The van der Waals surface area contributed by atoms with Crippen LogP contribution in [0.2, 0.25) is 0 Å². The van der Waals surface area contributed by atoms with Crippen LogP contribution in [-0.2, 0) is 9.31 Å². The highest BCUT2D eigenvalue weighted by atomic mass is 16.7. The molecule has 5 heteroatoms. The fourth-order valence-electron chi connectivity index (χ4n) is 2.06. The minimum absolute atomic E-state index is 0.314. The Labute approximate surface area is 116 Å². The van der Waals surface area contributed by atoms with Crippen LogP contribution in [0.5, 0.6) is 0 Å². The number of hydrogen-bond acceptors (Lipinski definition) is 4. The van der Waals surface area contributed by atoms with Crippen molar-refractivity contribution < 1.29 is 9.31 Å². The maximum Gasteiger partial charge on any atom is 0.496 e. The third kappa shape index (κ3) is 2.62. The van der Waals surface area contributed by atoms with Crippen LogP contribution in [0.4, 0.5) is 5.82 Å². The number of nitrogens with one attached hydrogen (secondary N) is 1. The van der Waals surface area contributed by atoms with Crippen molar-refractivity contribution in [2.75, 3.05) is 11.9 Å². The average Bonchev–Trinajstić information content (AvgIpc) is 2.51. The molecule has 0 amide bonds. The number of pyridine rings is 1. The number of rotatable bonds is 3. The zero-order valence-corrected chi connectivity index (χ0v) is 12.7. The second-order valence-electron chi connectivity index (χ2n) is 6.05. The van der Waals surface area contributed by atoms with Gasteiger partial charge in [0.15, 0.2) is 0 Å². The maximum absolute atomic E-state index is 6.02. The maximum atomic E-state index is 6.02. The molecule has 0 saturated carbocycles. The Hall–Kier alpha value is -1.07. The average molecular weight is 262 g/mol. The van der Waals surface area contributed by atoms with Crippen molar-refractivity contribution in [2.24, 2.45) is 0 Å². The minimum atomic E-state index is -0.341. The van der Waals surface area contributed by atoms with Gasteiger partial charge in [0.2, 0.25) is 0 Å². The molecule has 0 aliphatic carbocycles. The summed E-state index contributed by atoms with van der Waals surface area (Å²) in [4.78, 5) is 4.44. The Kier molecular flexibility index (Phi) is 3.62. The Morgan fingerprint density at radius 1 is 1.21 bits per heavy atom. The van der Waals surface area contributed by atoms with Gasteiger partial charge in [0, 0.05) is 18.2 Å². The molecule has 1 aromatic heterocycles. The van der Waals surface area contributed by atoms with E-state index < -0.39 is 0 Å². The van der Waals surface area contributed by atoms with Crippen LogP contribution in [0.15, 0.2) is 12.3 Å². The van der Waals surface area contributed by atoms with Gasteiger partial charge in [-0.2, -0.15) is 0 Å². The molecule has 1 fully saturated rings. The Morgan fingerprint density at radius 3 is 2.26 bits per heavy atom. The summed E-state index contributed by atoms with van der Waals surface area (Å²) in [6.07, 6.45) is 1.83. The molecular formula is C14H23BN2O2. The molecule has 0 bridgehead atoms. The van der Waals surface area contributed by atoms with Gasteiger partial charge in [-0.05, 0) is 47.1 Å². The first-order valence-electron chi connectivity index (χ1n) is 6.83. The monoisotopic (exact) mass is 262 g/mol. The van der Waals surface area contributed by atoms with Gasteiger partial charge in [0.05, 0.1) is 11.2 Å². The van der Waals surface area contributed by atoms with E-state index >= 15 is 0 Å². The summed E-state index contributed by atoms with van der Waals surface area (Å²) in [5.74, 6) is 0.919. The summed E-state index contributed by atoms with van der Waals surface area (Å²) >= 11 is 0. The SMILES string of the molecule is CCNc1ncc(B2OC(C)(C)C(C)(C)O2)cc1C. The van der Waals surface area contributed by atoms with Crippen LogP contribution < -0.4 is 10.8 Å². The van der Waals surface area contributed by atoms with Crippen molar-refractivity contribution >= 4 is 18.4 Å². The quantitative estimate of drug-likeness (QED) is 0.847. The number of anilines is 1. The summed E-state index contributed by atoms with van der Waals surface area (Å²) in [6.45, 7) is 13.2. The van der Waals surface area contributed by atoms with Gasteiger partial charge in [0.25, 0.3) is 0 Å². The van der Waals surface area contributed by atoms with Crippen molar-refractivity contribution in [2.45, 2.75) is 52.7 Å². The molecule has 0 unspecified atom stereocenters. The predicted molar refractivity (Wildman–Crippen MR) is 78.9 cm³/mol. The van der Waals surface area contributed by atoms with E-state index in [2.05, 4.69) is 51.0 Å². The third-order valence-electron chi connectivity index (χ3n) is 3.97. The van der Waals surface area contributed by atoms with Gasteiger partial charge in [-0.1, -0.05) is 6.07 Å². The highest BCUT2D eigenvalue weighted by molar-refractivity contribution is 6.62. The lowest BCUT2D eigenvalue weighted by Gasteiger charge is -2.32. The first kappa shape index (κ1) is 14.3. The molecule has 1 saturated heterocycles. The molecule has 19 heavy (non-hydrogen) atoms. The van der Waals surface area contributed by atoms with Gasteiger partial charge < -0.3 is 14.6 Å². The Balaban J connectivity index is 2.23. The number of nitrogens with zero attached hydrogens (tertiary/aromatic N) is 1. The largest absolute Gasteiger partial charge is 0.496 e. The van der Waals surface area contributed by atoms with Gasteiger partial charge >= 0.3 is 7.12 Å². The van der Waals surface area contributed by atoms with Crippen molar-refractivity contribution in [3.8, 4) is 0 Å². The van der Waals surface area contributed by atoms with Crippen molar-refractivity contribution in [3.05, 3.63) is 17.8 Å². The van der Waals surface area contributed by atoms with E-state index in [-0.39, 0.29) is 18.3 Å². The summed E-state index contributed by atoms with van der Waals surface area (Å²) in [6, 6.07) is 2.08. The first-order valence-corrected chi connectivity index (χ1v) is 6.83. The Bertz CT molecular complexity index is 459. The molecule has 1 N–H and O–H groups in total. The van der Waals surface area contributed by atoms with E-state index in [9.17, 15) is 0 Å². The lowest BCUT2D eigenvalue weighted by Crippen LogP contribution is -2.41. The summed E-state index contributed by atoms with van der Waals surface area (Å²) in [5, 5.41) is 3.23. The van der Waals surface area contributed by atoms with E-state index in [1.807, 2.05) is 13.1 Å². The lowest BCUT2D eigenvalue weighted by atomic mass is 9.80. The lowest BCUT2D eigenvalue weighted by molar-refractivity contribution is 0.00578. The van der Waals surface area contributed by atoms with Crippen LogP contribution in [-0.4, -0.2) is 29.8 Å². The van der Waals surface area contributed by atoms with E-state index in [1.54, 1.807) is 0 Å². The molecule has 0 radical (unpaired) electrons. The topological polar surface area (TPSA) is 43.4 Å². The standard InChI is InChI=1S/C14H23BN2O2/c1-7-16-12-10(2)8-11(9-17-12)15-18-13(3,4)14(5,6)19-15/h8-9H,7H2,1-6H3,(H,16,17). The highest BCUT2D eigenvalue weighted by Crippen LogP contribution is 2.36. The molecule has 2 heterocycles.